The summed E-state index contributed by atoms with van der Waals surface area (Å²) in [5, 5.41) is 11.0. The Balaban J connectivity index is 1.84. The summed E-state index contributed by atoms with van der Waals surface area (Å²) in [6, 6.07) is 5.35. The van der Waals surface area contributed by atoms with E-state index in [9.17, 15) is 0 Å². The zero-order chi connectivity index (χ0) is 13.2. The van der Waals surface area contributed by atoms with Crippen molar-refractivity contribution >= 4 is 34.1 Å². The number of halogens is 1. The van der Waals surface area contributed by atoms with Gasteiger partial charge in [-0.3, -0.25) is 5.10 Å². The Labute approximate surface area is 118 Å². The van der Waals surface area contributed by atoms with Crippen LogP contribution in [0.5, 0.6) is 0 Å². The Morgan fingerprint density at radius 3 is 2.95 bits per heavy atom. The number of rotatable bonds is 3. The van der Waals surface area contributed by atoms with Gasteiger partial charge in [0.25, 0.3) is 0 Å². The standard InChI is InChI=1S/C11H9ClN6S/c1-6-7(5-13-17-6)10-16-11(19-18-10)15-9-4-2-3-8(12)14-9/h2-5H,1H3,(H,13,17)(H,14,15,16,18). The molecule has 0 fully saturated rings. The van der Waals surface area contributed by atoms with Gasteiger partial charge in [0.1, 0.15) is 11.0 Å². The Morgan fingerprint density at radius 1 is 1.32 bits per heavy atom. The number of anilines is 2. The Kier molecular flexibility index (Phi) is 3.14. The first kappa shape index (κ1) is 12.1. The predicted octanol–water partition coefficient (Wildman–Crippen LogP) is 3.03. The molecule has 0 bridgehead atoms. The Bertz CT molecular complexity index is 707. The van der Waals surface area contributed by atoms with E-state index in [4.69, 9.17) is 11.6 Å². The number of aromatic amines is 1. The topological polar surface area (TPSA) is 79.4 Å². The van der Waals surface area contributed by atoms with Crippen molar-refractivity contribution in [3.05, 3.63) is 35.2 Å². The minimum atomic E-state index is 0.431. The number of hydrogen-bond acceptors (Lipinski definition) is 6. The summed E-state index contributed by atoms with van der Waals surface area (Å²) in [7, 11) is 0. The second kappa shape index (κ2) is 4.94. The van der Waals surface area contributed by atoms with Crippen LogP contribution in [-0.4, -0.2) is 24.5 Å². The van der Waals surface area contributed by atoms with Gasteiger partial charge in [-0.15, -0.1) is 0 Å². The number of H-pyrrole nitrogens is 1. The molecule has 0 aromatic carbocycles. The monoisotopic (exact) mass is 292 g/mol. The highest BCUT2D eigenvalue weighted by molar-refractivity contribution is 7.09. The van der Waals surface area contributed by atoms with Crippen LogP contribution >= 0.6 is 23.1 Å². The first-order valence-corrected chi connectivity index (χ1v) is 6.61. The zero-order valence-electron chi connectivity index (χ0n) is 9.88. The van der Waals surface area contributed by atoms with E-state index in [1.807, 2.05) is 19.1 Å². The van der Waals surface area contributed by atoms with E-state index in [1.54, 1.807) is 12.3 Å². The summed E-state index contributed by atoms with van der Waals surface area (Å²) in [6.45, 7) is 1.93. The smallest absolute Gasteiger partial charge is 0.208 e. The first-order chi connectivity index (χ1) is 9.22. The quantitative estimate of drug-likeness (QED) is 0.725. The van der Waals surface area contributed by atoms with Crippen molar-refractivity contribution < 1.29 is 0 Å². The van der Waals surface area contributed by atoms with Gasteiger partial charge in [0.2, 0.25) is 5.13 Å². The first-order valence-electron chi connectivity index (χ1n) is 5.46. The molecule has 3 heterocycles. The van der Waals surface area contributed by atoms with Crippen LogP contribution in [0.2, 0.25) is 5.15 Å². The van der Waals surface area contributed by atoms with Crippen LogP contribution in [0, 0.1) is 6.92 Å². The van der Waals surface area contributed by atoms with Crippen LogP contribution in [-0.2, 0) is 0 Å². The van der Waals surface area contributed by atoms with Crippen molar-refractivity contribution in [1.82, 2.24) is 24.5 Å². The fourth-order valence-electron chi connectivity index (χ4n) is 1.55. The van der Waals surface area contributed by atoms with E-state index >= 15 is 0 Å². The van der Waals surface area contributed by atoms with Crippen LogP contribution in [0.3, 0.4) is 0 Å². The Morgan fingerprint density at radius 2 is 2.21 bits per heavy atom. The maximum Gasteiger partial charge on any atom is 0.208 e. The molecule has 0 unspecified atom stereocenters. The molecule has 0 aliphatic rings. The van der Waals surface area contributed by atoms with E-state index in [2.05, 4.69) is 29.9 Å². The molecule has 96 valence electrons. The number of pyridine rings is 1. The molecule has 0 aliphatic carbocycles. The van der Waals surface area contributed by atoms with Crippen molar-refractivity contribution in [2.75, 3.05) is 5.32 Å². The van der Waals surface area contributed by atoms with Crippen molar-refractivity contribution in [3.8, 4) is 11.4 Å². The lowest BCUT2D eigenvalue weighted by molar-refractivity contribution is 1.05. The number of nitrogens with one attached hydrogen (secondary N) is 2. The fraction of sp³-hybridized carbons (Fsp3) is 0.0909. The van der Waals surface area contributed by atoms with Gasteiger partial charge in [0, 0.05) is 17.2 Å². The summed E-state index contributed by atoms with van der Waals surface area (Å²) in [5.41, 5.74) is 1.83. The summed E-state index contributed by atoms with van der Waals surface area (Å²) in [5.74, 6) is 1.28. The maximum absolute atomic E-state index is 5.82. The lowest BCUT2D eigenvalue weighted by Crippen LogP contribution is -1.92. The van der Waals surface area contributed by atoms with Gasteiger partial charge < -0.3 is 5.32 Å². The van der Waals surface area contributed by atoms with E-state index in [-0.39, 0.29) is 0 Å². The molecule has 0 atom stereocenters. The normalized spacial score (nSPS) is 10.6. The lowest BCUT2D eigenvalue weighted by Gasteiger charge is -2.00. The molecule has 0 saturated carbocycles. The molecule has 3 aromatic heterocycles. The van der Waals surface area contributed by atoms with Gasteiger partial charge in [-0.25, -0.2) is 4.98 Å². The highest BCUT2D eigenvalue weighted by atomic mass is 35.5. The third-order valence-corrected chi connectivity index (χ3v) is 3.29. The van der Waals surface area contributed by atoms with Gasteiger partial charge in [0.05, 0.1) is 11.8 Å². The zero-order valence-corrected chi connectivity index (χ0v) is 11.5. The van der Waals surface area contributed by atoms with Crippen molar-refractivity contribution in [1.29, 1.82) is 0 Å². The van der Waals surface area contributed by atoms with Crippen LogP contribution < -0.4 is 5.32 Å². The number of hydrogen-bond donors (Lipinski definition) is 2. The van der Waals surface area contributed by atoms with Crippen LogP contribution in [0.1, 0.15) is 5.69 Å². The molecule has 0 radical (unpaired) electrons. The predicted molar refractivity (Wildman–Crippen MR) is 74.8 cm³/mol. The lowest BCUT2D eigenvalue weighted by atomic mass is 10.2. The highest BCUT2D eigenvalue weighted by Gasteiger charge is 2.11. The molecule has 0 spiro atoms. The van der Waals surface area contributed by atoms with Gasteiger partial charge in [-0.05, 0) is 19.1 Å². The average molecular weight is 293 g/mol. The summed E-state index contributed by atoms with van der Waals surface area (Å²) in [4.78, 5) is 8.52. The molecule has 0 amide bonds. The molecule has 6 nitrogen and oxygen atoms in total. The Hall–Kier alpha value is -1.99. The average Bonchev–Trinajstić information content (AvgIpc) is 2.98. The highest BCUT2D eigenvalue weighted by Crippen LogP contribution is 2.24. The minimum Gasteiger partial charge on any atom is -0.315 e. The van der Waals surface area contributed by atoms with Crippen LogP contribution in [0.4, 0.5) is 10.9 Å². The van der Waals surface area contributed by atoms with E-state index < -0.39 is 0 Å². The third kappa shape index (κ3) is 2.56. The second-order valence-electron chi connectivity index (χ2n) is 3.80. The molecule has 3 aromatic rings. The number of aryl methyl sites for hydroxylation is 1. The fourth-order valence-corrected chi connectivity index (χ4v) is 2.30. The van der Waals surface area contributed by atoms with Crippen molar-refractivity contribution in [2.24, 2.45) is 0 Å². The summed E-state index contributed by atoms with van der Waals surface area (Å²) in [6.07, 6.45) is 1.71. The van der Waals surface area contributed by atoms with Crippen molar-refractivity contribution in [3.63, 3.8) is 0 Å². The molecule has 3 rings (SSSR count). The summed E-state index contributed by atoms with van der Waals surface area (Å²) >= 11 is 7.08. The van der Waals surface area contributed by atoms with Crippen LogP contribution in [0.25, 0.3) is 11.4 Å². The molecule has 19 heavy (non-hydrogen) atoms. The minimum absolute atomic E-state index is 0.431. The molecule has 8 heteroatoms. The van der Waals surface area contributed by atoms with Gasteiger partial charge >= 0.3 is 0 Å². The van der Waals surface area contributed by atoms with E-state index in [1.165, 1.54) is 11.5 Å². The maximum atomic E-state index is 5.82. The number of nitrogens with zero attached hydrogens (tertiary/aromatic N) is 4. The van der Waals surface area contributed by atoms with Crippen LogP contribution in [0.15, 0.2) is 24.4 Å². The van der Waals surface area contributed by atoms with Gasteiger partial charge in [-0.2, -0.15) is 14.5 Å². The number of aromatic nitrogens is 5. The molecule has 2 N–H and O–H groups in total. The molecular weight excluding hydrogens is 284 g/mol. The molecule has 0 saturated heterocycles. The largest absolute Gasteiger partial charge is 0.315 e. The van der Waals surface area contributed by atoms with E-state index in [0.717, 1.165) is 11.3 Å². The van der Waals surface area contributed by atoms with E-state index in [0.29, 0.717) is 21.9 Å². The second-order valence-corrected chi connectivity index (χ2v) is 4.94. The van der Waals surface area contributed by atoms with Gasteiger partial charge in [-0.1, -0.05) is 17.7 Å². The van der Waals surface area contributed by atoms with Crippen molar-refractivity contribution in [2.45, 2.75) is 6.92 Å². The molecular formula is C11H9ClN6S. The SMILES string of the molecule is Cc1[nH]ncc1-c1nsc(Nc2cccc(Cl)n2)n1. The summed E-state index contributed by atoms with van der Waals surface area (Å²) < 4.78 is 4.29. The van der Waals surface area contributed by atoms with Gasteiger partial charge in [0.15, 0.2) is 5.82 Å². The third-order valence-electron chi connectivity index (χ3n) is 2.45. The molecule has 0 aliphatic heterocycles.